The van der Waals surface area contributed by atoms with Crippen molar-refractivity contribution < 1.29 is 28.8 Å². The number of aliphatic hydroxyl groups excluding tert-OH is 1. The Morgan fingerprint density at radius 2 is 1.47 bits per heavy atom. The summed E-state index contributed by atoms with van der Waals surface area (Å²) in [6.45, 7) is 4.45. The molecule has 0 aromatic rings. The number of aliphatic hydroxyl groups is 1. The molecular weight excluding hydrogens is 252 g/mol. The average Bonchev–Trinajstić information content (AvgIpc) is 2.46. The van der Waals surface area contributed by atoms with Crippen molar-refractivity contribution in [3.05, 3.63) is 0 Å². The molecule has 0 aromatic heterocycles. The minimum Gasteiger partial charge on any atom is -0.394 e. The van der Waals surface area contributed by atoms with Crippen molar-refractivity contribution in [1.29, 1.82) is 0 Å². The monoisotopic (exact) mass is 278 g/mol. The van der Waals surface area contributed by atoms with E-state index >= 15 is 0 Å². The fourth-order valence-corrected chi connectivity index (χ4v) is 1.69. The van der Waals surface area contributed by atoms with Gasteiger partial charge in [-0.2, -0.15) is 0 Å². The van der Waals surface area contributed by atoms with Crippen molar-refractivity contribution in [2.24, 2.45) is 0 Å². The van der Waals surface area contributed by atoms with Crippen LogP contribution >= 0.6 is 0 Å². The molecule has 0 unspecified atom stereocenters. The predicted molar refractivity (Wildman–Crippen MR) is 69.1 cm³/mol. The Kier molecular flexibility index (Phi) is 11.3. The SMILES string of the molecule is OCCOCCOCCOCCO[C@@H]1CCCCO1. The third-order valence-corrected chi connectivity index (χ3v) is 2.65. The molecule has 0 saturated carbocycles. The van der Waals surface area contributed by atoms with E-state index in [0.717, 1.165) is 19.4 Å². The van der Waals surface area contributed by atoms with Crippen molar-refractivity contribution in [2.45, 2.75) is 25.6 Å². The quantitative estimate of drug-likeness (QED) is 0.527. The van der Waals surface area contributed by atoms with Crippen LogP contribution in [0.5, 0.6) is 0 Å². The third kappa shape index (κ3) is 10.2. The van der Waals surface area contributed by atoms with Crippen molar-refractivity contribution in [3.8, 4) is 0 Å². The Hall–Kier alpha value is -0.240. The maximum Gasteiger partial charge on any atom is 0.157 e. The minimum absolute atomic E-state index is 0.0442. The summed E-state index contributed by atoms with van der Waals surface area (Å²) in [5, 5.41) is 8.48. The highest BCUT2D eigenvalue weighted by Crippen LogP contribution is 2.13. The minimum atomic E-state index is -0.0442. The maximum atomic E-state index is 8.48. The summed E-state index contributed by atoms with van der Waals surface area (Å²) in [5.74, 6) is 0. The Morgan fingerprint density at radius 3 is 2.05 bits per heavy atom. The highest BCUT2D eigenvalue weighted by Gasteiger charge is 2.13. The lowest BCUT2D eigenvalue weighted by molar-refractivity contribution is -0.169. The van der Waals surface area contributed by atoms with Gasteiger partial charge >= 0.3 is 0 Å². The van der Waals surface area contributed by atoms with E-state index in [1.54, 1.807) is 0 Å². The molecule has 19 heavy (non-hydrogen) atoms. The first-order chi connectivity index (χ1) is 9.43. The zero-order valence-corrected chi connectivity index (χ0v) is 11.6. The summed E-state index contributed by atoms with van der Waals surface area (Å²) in [5.41, 5.74) is 0. The summed E-state index contributed by atoms with van der Waals surface area (Å²) in [4.78, 5) is 0. The first kappa shape index (κ1) is 16.8. The summed E-state index contributed by atoms with van der Waals surface area (Å²) in [6.07, 6.45) is 3.25. The van der Waals surface area contributed by atoms with E-state index in [-0.39, 0.29) is 12.9 Å². The van der Waals surface area contributed by atoms with Gasteiger partial charge in [-0.15, -0.1) is 0 Å². The second-order valence-electron chi connectivity index (χ2n) is 4.23. The fourth-order valence-electron chi connectivity index (χ4n) is 1.69. The van der Waals surface area contributed by atoms with E-state index in [0.29, 0.717) is 46.2 Å². The molecule has 1 saturated heterocycles. The molecule has 1 aliphatic rings. The van der Waals surface area contributed by atoms with Gasteiger partial charge in [0, 0.05) is 6.61 Å². The van der Waals surface area contributed by atoms with Crippen LogP contribution in [0, 0.1) is 0 Å². The van der Waals surface area contributed by atoms with E-state index in [9.17, 15) is 0 Å². The first-order valence-corrected chi connectivity index (χ1v) is 7.01. The molecule has 0 amide bonds. The highest BCUT2D eigenvalue weighted by molar-refractivity contribution is 4.53. The Balaban J connectivity index is 1.71. The molecule has 6 nitrogen and oxygen atoms in total. The predicted octanol–water partition coefficient (Wildman–Crippen LogP) is 0.572. The van der Waals surface area contributed by atoms with E-state index in [1.165, 1.54) is 6.42 Å². The molecule has 1 heterocycles. The topological polar surface area (TPSA) is 66.4 Å². The second-order valence-corrected chi connectivity index (χ2v) is 4.23. The van der Waals surface area contributed by atoms with Crippen LogP contribution in [0.4, 0.5) is 0 Å². The van der Waals surface area contributed by atoms with Gasteiger partial charge in [-0.3, -0.25) is 0 Å². The van der Waals surface area contributed by atoms with Crippen molar-refractivity contribution in [2.75, 3.05) is 59.5 Å². The molecule has 6 heteroatoms. The van der Waals surface area contributed by atoms with E-state index in [1.807, 2.05) is 0 Å². The second kappa shape index (κ2) is 12.8. The van der Waals surface area contributed by atoms with Crippen molar-refractivity contribution in [1.82, 2.24) is 0 Å². The van der Waals surface area contributed by atoms with Crippen LogP contribution < -0.4 is 0 Å². The molecule has 0 aromatic carbocycles. The molecule has 0 bridgehead atoms. The zero-order chi connectivity index (χ0) is 13.6. The summed E-state index contributed by atoms with van der Waals surface area (Å²) in [6, 6.07) is 0. The molecule has 0 spiro atoms. The van der Waals surface area contributed by atoms with Gasteiger partial charge in [0.05, 0.1) is 52.9 Å². The normalized spacial score (nSPS) is 19.7. The molecule has 0 radical (unpaired) electrons. The van der Waals surface area contributed by atoms with Crippen molar-refractivity contribution in [3.63, 3.8) is 0 Å². The maximum absolute atomic E-state index is 8.48. The van der Waals surface area contributed by atoms with Crippen LogP contribution in [0.1, 0.15) is 19.3 Å². The Labute approximate surface area is 114 Å². The van der Waals surface area contributed by atoms with Crippen LogP contribution in [0.25, 0.3) is 0 Å². The summed E-state index contributed by atoms with van der Waals surface area (Å²) >= 11 is 0. The van der Waals surface area contributed by atoms with Gasteiger partial charge in [-0.25, -0.2) is 0 Å². The molecular formula is C13H26O6. The van der Waals surface area contributed by atoms with Gasteiger partial charge in [0.2, 0.25) is 0 Å². The van der Waals surface area contributed by atoms with Crippen LogP contribution in [0.15, 0.2) is 0 Å². The van der Waals surface area contributed by atoms with E-state index < -0.39 is 0 Å². The zero-order valence-electron chi connectivity index (χ0n) is 11.6. The first-order valence-electron chi connectivity index (χ1n) is 7.01. The smallest absolute Gasteiger partial charge is 0.157 e. The van der Waals surface area contributed by atoms with E-state index in [2.05, 4.69) is 0 Å². The molecule has 114 valence electrons. The van der Waals surface area contributed by atoms with Gasteiger partial charge in [0.15, 0.2) is 6.29 Å². The highest BCUT2D eigenvalue weighted by atomic mass is 16.7. The number of rotatable bonds is 12. The summed E-state index contributed by atoms with van der Waals surface area (Å²) < 4.78 is 26.6. The number of hydrogen-bond donors (Lipinski definition) is 1. The van der Waals surface area contributed by atoms with Crippen LogP contribution in [-0.2, 0) is 23.7 Å². The largest absolute Gasteiger partial charge is 0.394 e. The summed E-state index contributed by atoms with van der Waals surface area (Å²) in [7, 11) is 0. The fraction of sp³-hybridized carbons (Fsp3) is 1.00. The van der Waals surface area contributed by atoms with Crippen LogP contribution in [0.3, 0.4) is 0 Å². The Morgan fingerprint density at radius 1 is 0.842 bits per heavy atom. The average molecular weight is 278 g/mol. The Bertz CT molecular complexity index is 184. The third-order valence-electron chi connectivity index (χ3n) is 2.65. The van der Waals surface area contributed by atoms with Gasteiger partial charge < -0.3 is 28.8 Å². The van der Waals surface area contributed by atoms with Crippen LogP contribution in [0.2, 0.25) is 0 Å². The van der Waals surface area contributed by atoms with Crippen molar-refractivity contribution >= 4 is 0 Å². The molecule has 1 aliphatic heterocycles. The lowest BCUT2D eigenvalue weighted by Gasteiger charge is -2.22. The number of ether oxygens (including phenoxy) is 5. The number of hydrogen-bond acceptors (Lipinski definition) is 6. The molecule has 1 atom stereocenters. The van der Waals surface area contributed by atoms with E-state index in [4.69, 9.17) is 28.8 Å². The van der Waals surface area contributed by atoms with Crippen LogP contribution in [-0.4, -0.2) is 70.9 Å². The van der Waals surface area contributed by atoms with Gasteiger partial charge in [-0.1, -0.05) is 0 Å². The van der Waals surface area contributed by atoms with Gasteiger partial charge in [0.25, 0.3) is 0 Å². The molecule has 1 N–H and O–H groups in total. The molecule has 1 fully saturated rings. The van der Waals surface area contributed by atoms with Gasteiger partial charge in [0.1, 0.15) is 0 Å². The molecule has 0 aliphatic carbocycles. The lowest BCUT2D eigenvalue weighted by atomic mass is 10.2. The standard InChI is InChI=1S/C13H26O6/c14-4-6-15-7-8-16-9-10-17-11-12-19-13-3-1-2-5-18-13/h13-14H,1-12H2/t13-/m1/s1. The lowest BCUT2D eigenvalue weighted by Crippen LogP contribution is -2.24. The van der Waals surface area contributed by atoms with Gasteiger partial charge in [-0.05, 0) is 19.3 Å². The molecule has 1 rings (SSSR count).